The Kier molecular flexibility index (Phi) is 11.4. The van der Waals surface area contributed by atoms with Crippen molar-refractivity contribution in [3.8, 4) is 0 Å². The van der Waals surface area contributed by atoms with Crippen molar-refractivity contribution in [1.82, 2.24) is 0 Å². The fourth-order valence-electron chi connectivity index (χ4n) is 1.06. The summed E-state index contributed by atoms with van der Waals surface area (Å²) in [5.74, 6) is 0. The predicted octanol–water partition coefficient (Wildman–Crippen LogP) is 3.91. The van der Waals surface area contributed by atoms with Gasteiger partial charge in [-0.25, -0.2) is 0 Å². The molecule has 4 heteroatoms. The zero-order chi connectivity index (χ0) is 9.07. The maximum Gasteiger partial charge on any atom is 0.155 e. The Balaban J connectivity index is 2.81. The Labute approximate surface area is 77.5 Å². The fourth-order valence-corrected chi connectivity index (χ4v) is 1.77. The summed E-state index contributed by atoms with van der Waals surface area (Å²) in [7, 11) is 0.559. The van der Waals surface area contributed by atoms with Crippen molar-refractivity contribution < 1.29 is 9.13 Å². The molecule has 0 rings (SSSR count). The highest BCUT2D eigenvalue weighted by Gasteiger charge is 1.90. The van der Waals surface area contributed by atoms with Crippen LogP contribution in [0.4, 0.5) is 0 Å². The quantitative estimate of drug-likeness (QED) is 0.423. The summed E-state index contributed by atoms with van der Waals surface area (Å²) in [6.45, 7) is 0. The van der Waals surface area contributed by atoms with E-state index in [9.17, 15) is 9.13 Å². The van der Waals surface area contributed by atoms with Crippen LogP contribution in [-0.4, -0.2) is 12.3 Å². The number of hydrogen-bond acceptors (Lipinski definition) is 2. The highest BCUT2D eigenvalue weighted by molar-refractivity contribution is 7.23. The van der Waals surface area contributed by atoms with Gasteiger partial charge in [0.2, 0.25) is 0 Å². The van der Waals surface area contributed by atoms with E-state index in [2.05, 4.69) is 0 Å². The molecule has 0 radical (unpaired) electrons. The minimum Gasteiger partial charge on any atom is -0.275 e. The lowest BCUT2D eigenvalue weighted by Crippen LogP contribution is -1.81. The second kappa shape index (κ2) is 11.2. The van der Waals surface area contributed by atoms with Crippen LogP contribution in [0.2, 0.25) is 0 Å². The molecule has 0 aliphatic rings. The first-order chi connectivity index (χ1) is 5.91. The first-order valence-corrected chi connectivity index (χ1v) is 6.49. The zero-order valence-corrected chi connectivity index (χ0v) is 9.16. The van der Waals surface area contributed by atoms with E-state index in [1.54, 1.807) is 0 Å². The SMILES string of the molecule is O=PCCCCCCCCP=O. The van der Waals surface area contributed by atoms with E-state index in [4.69, 9.17) is 0 Å². The Hall–Kier alpha value is 0.200. The lowest BCUT2D eigenvalue weighted by atomic mass is 10.1. The van der Waals surface area contributed by atoms with Crippen LogP contribution >= 0.6 is 16.9 Å². The predicted molar refractivity (Wildman–Crippen MR) is 52.6 cm³/mol. The third kappa shape index (κ3) is 10.2. The Morgan fingerprint density at radius 2 is 0.917 bits per heavy atom. The Bertz CT molecular complexity index is 104. The molecular formula is C8H16O2P2. The molecule has 0 aromatic heterocycles. The van der Waals surface area contributed by atoms with Crippen molar-refractivity contribution in [3.63, 3.8) is 0 Å². The molecule has 0 spiro atoms. The molecule has 0 heterocycles. The van der Waals surface area contributed by atoms with E-state index in [0.717, 1.165) is 25.2 Å². The zero-order valence-electron chi connectivity index (χ0n) is 7.37. The minimum atomic E-state index is 0.279. The molecule has 12 heavy (non-hydrogen) atoms. The number of unbranched alkanes of at least 4 members (excludes halogenated alkanes) is 5. The second-order valence-corrected chi connectivity index (χ2v) is 4.24. The van der Waals surface area contributed by atoms with Crippen LogP contribution in [0, 0.1) is 0 Å². The van der Waals surface area contributed by atoms with Crippen molar-refractivity contribution in [1.29, 1.82) is 0 Å². The van der Waals surface area contributed by atoms with E-state index in [1.807, 2.05) is 0 Å². The molecule has 70 valence electrons. The maximum atomic E-state index is 10.0. The first kappa shape index (κ1) is 12.2. The average molecular weight is 206 g/mol. The van der Waals surface area contributed by atoms with Crippen molar-refractivity contribution in [2.75, 3.05) is 12.3 Å². The Morgan fingerprint density at radius 1 is 0.583 bits per heavy atom. The summed E-state index contributed by atoms with van der Waals surface area (Å²) < 4.78 is 20.1. The number of rotatable bonds is 9. The van der Waals surface area contributed by atoms with Gasteiger partial charge in [0.05, 0.1) is 0 Å². The lowest BCUT2D eigenvalue weighted by Gasteiger charge is -1.96. The molecule has 0 amide bonds. The van der Waals surface area contributed by atoms with Gasteiger partial charge in [-0.15, -0.1) is 0 Å². The fraction of sp³-hybridized carbons (Fsp3) is 1.00. The van der Waals surface area contributed by atoms with Crippen molar-refractivity contribution in [2.24, 2.45) is 0 Å². The molecule has 0 aliphatic heterocycles. The molecule has 0 unspecified atom stereocenters. The summed E-state index contributed by atoms with van der Waals surface area (Å²) in [6.07, 6.45) is 8.58. The number of hydrogen-bond donors (Lipinski definition) is 0. The molecule has 0 atom stereocenters. The maximum absolute atomic E-state index is 10.0. The van der Waals surface area contributed by atoms with E-state index >= 15 is 0 Å². The lowest BCUT2D eigenvalue weighted by molar-refractivity contribution is 0.586. The van der Waals surface area contributed by atoms with Crippen molar-refractivity contribution in [2.45, 2.75) is 38.5 Å². The highest BCUT2D eigenvalue weighted by atomic mass is 31.1. The Morgan fingerprint density at radius 3 is 1.25 bits per heavy atom. The summed E-state index contributed by atoms with van der Waals surface area (Å²) in [5.41, 5.74) is 0. The largest absolute Gasteiger partial charge is 0.275 e. The monoisotopic (exact) mass is 206 g/mol. The van der Waals surface area contributed by atoms with Gasteiger partial charge in [0.1, 0.15) is 0 Å². The third-order valence-electron chi connectivity index (χ3n) is 1.75. The molecule has 0 saturated carbocycles. The van der Waals surface area contributed by atoms with Gasteiger partial charge >= 0.3 is 0 Å². The molecule has 0 saturated heterocycles. The molecular weight excluding hydrogens is 190 g/mol. The van der Waals surface area contributed by atoms with Crippen LogP contribution in [0.3, 0.4) is 0 Å². The van der Waals surface area contributed by atoms with Crippen molar-refractivity contribution >= 4 is 16.9 Å². The normalized spacial score (nSPS) is 11.0. The second-order valence-electron chi connectivity index (χ2n) is 2.83. The molecule has 0 N–H and O–H groups in total. The van der Waals surface area contributed by atoms with E-state index < -0.39 is 0 Å². The summed E-state index contributed by atoms with van der Waals surface area (Å²) >= 11 is 0. The van der Waals surface area contributed by atoms with Crippen LogP contribution in [0.15, 0.2) is 0 Å². The molecule has 0 aromatic rings. The minimum absolute atomic E-state index is 0.279. The molecule has 2 nitrogen and oxygen atoms in total. The van der Waals surface area contributed by atoms with E-state index in [0.29, 0.717) is 0 Å². The summed E-state index contributed by atoms with van der Waals surface area (Å²) in [6, 6.07) is 0. The van der Waals surface area contributed by atoms with E-state index in [-0.39, 0.29) is 16.9 Å². The van der Waals surface area contributed by atoms with Gasteiger partial charge in [-0.05, 0) is 12.8 Å². The van der Waals surface area contributed by atoms with Gasteiger partial charge in [-0.1, -0.05) is 25.7 Å². The van der Waals surface area contributed by atoms with Crippen LogP contribution < -0.4 is 0 Å². The molecule has 0 aliphatic carbocycles. The molecule has 0 aromatic carbocycles. The van der Waals surface area contributed by atoms with E-state index in [1.165, 1.54) is 25.7 Å². The van der Waals surface area contributed by atoms with Crippen LogP contribution in [-0.2, 0) is 9.13 Å². The van der Waals surface area contributed by atoms with Crippen LogP contribution in [0.5, 0.6) is 0 Å². The van der Waals surface area contributed by atoms with Gasteiger partial charge in [0, 0.05) is 12.3 Å². The molecule has 0 fully saturated rings. The smallest absolute Gasteiger partial charge is 0.155 e. The van der Waals surface area contributed by atoms with Crippen LogP contribution in [0.25, 0.3) is 0 Å². The van der Waals surface area contributed by atoms with Crippen molar-refractivity contribution in [3.05, 3.63) is 0 Å². The van der Waals surface area contributed by atoms with Gasteiger partial charge in [0.15, 0.2) is 16.9 Å². The topological polar surface area (TPSA) is 34.1 Å². The highest BCUT2D eigenvalue weighted by Crippen LogP contribution is 2.09. The summed E-state index contributed by atoms with van der Waals surface area (Å²) in [4.78, 5) is 0. The van der Waals surface area contributed by atoms with Gasteiger partial charge in [-0.2, -0.15) is 0 Å². The average Bonchev–Trinajstić information content (AvgIpc) is 2.10. The molecule has 0 bridgehead atoms. The summed E-state index contributed by atoms with van der Waals surface area (Å²) in [5, 5.41) is 0. The first-order valence-electron chi connectivity index (χ1n) is 4.50. The van der Waals surface area contributed by atoms with Crippen LogP contribution in [0.1, 0.15) is 38.5 Å². The van der Waals surface area contributed by atoms with Gasteiger partial charge in [0.25, 0.3) is 0 Å². The van der Waals surface area contributed by atoms with Gasteiger partial charge < -0.3 is 0 Å². The van der Waals surface area contributed by atoms with Gasteiger partial charge in [-0.3, -0.25) is 9.13 Å². The third-order valence-corrected chi connectivity index (χ3v) is 2.75. The standard InChI is InChI=1S/C8H16O2P2/c9-11-7-5-3-1-2-4-6-8-12-10/h1-8H2.